The van der Waals surface area contributed by atoms with Gasteiger partial charge in [-0.05, 0) is 51.0 Å². The van der Waals surface area contributed by atoms with Crippen molar-refractivity contribution >= 4 is 35.5 Å². The molecule has 2 aliphatic rings. The molecule has 1 aliphatic carbocycles. The monoisotopic (exact) mass is 537 g/mol. The number of hydrogen-bond acceptors (Lipinski definition) is 8. The van der Waals surface area contributed by atoms with Crippen LogP contribution in [0.25, 0.3) is 22.2 Å². The maximum absolute atomic E-state index is 13.8. The molecule has 10 nitrogen and oxygen atoms in total. The average Bonchev–Trinajstić information content (AvgIpc) is 3.27. The molecule has 5 rings (SSSR count). The summed E-state index contributed by atoms with van der Waals surface area (Å²) in [7, 11) is 5.96. The van der Waals surface area contributed by atoms with Gasteiger partial charge in [0.05, 0.1) is 24.0 Å². The Bertz CT molecular complexity index is 1530. The molecule has 0 unspecified atom stereocenters. The van der Waals surface area contributed by atoms with Gasteiger partial charge in [0.25, 0.3) is 0 Å². The molecular formula is C29H34BN8O2. The van der Waals surface area contributed by atoms with E-state index in [-0.39, 0.29) is 35.6 Å². The summed E-state index contributed by atoms with van der Waals surface area (Å²) in [6.45, 7) is 10.0. The Hall–Kier alpha value is -3.99. The first-order chi connectivity index (χ1) is 19.1. The number of rotatable bonds is 10. The van der Waals surface area contributed by atoms with Crippen molar-refractivity contribution in [1.82, 2.24) is 34.5 Å². The fourth-order valence-corrected chi connectivity index (χ4v) is 5.63. The maximum Gasteiger partial charge on any atom is 0.244 e. The first-order valence-corrected chi connectivity index (χ1v) is 13.4. The third-order valence-electron chi connectivity index (χ3n) is 7.62. The summed E-state index contributed by atoms with van der Waals surface area (Å²) in [6.07, 6.45) is 12.4. The van der Waals surface area contributed by atoms with E-state index in [0.717, 1.165) is 24.0 Å². The van der Waals surface area contributed by atoms with Gasteiger partial charge in [-0.1, -0.05) is 25.7 Å². The molecule has 1 amide bonds. The van der Waals surface area contributed by atoms with E-state index in [4.69, 9.17) is 0 Å². The Morgan fingerprint density at radius 3 is 2.62 bits per heavy atom. The molecule has 40 heavy (non-hydrogen) atoms. The predicted molar refractivity (Wildman–Crippen MR) is 156 cm³/mol. The number of Topliss-reactive ketones (excluding diaryl/α,β-unsaturated/α-hetero) is 1. The molecule has 1 saturated carbocycles. The van der Waals surface area contributed by atoms with E-state index < -0.39 is 0 Å². The molecule has 3 aromatic rings. The summed E-state index contributed by atoms with van der Waals surface area (Å²) in [6, 6.07) is 2.01. The van der Waals surface area contributed by atoms with Gasteiger partial charge in [-0.2, -0.15) is 5.10 Å². The van der Waals surface area contributed by atoms with Gasteiger partial charge < -0.3 is 9.80 Å². The molecule has 3 aromatic heterocycles. The zero-order valence-corrected chi connectivity index (χ0v) is 23.7. The standard InChI is InChI=1S/C29H34BN8O2/c1-7-9-24(31-8-2)30-25-12-29(4)11-23(29)38(25)27(40)17-37-22-15-32-21(10-20(22)28(35-37)18(3)39)19-13-33-26(34-14-19)16-36(5)6/h7-10,13-15,23,25H,2,11-12,16-17H2,1,3-6H3/b9-7-,31-24?/t23-,25+,29-/m1/s1. The Morgan fingerprint density at radius 2 is 1.98 bits per heavy atom. The van der Waals surface area contributed by atoms with Crippen LogP contribution in [-0.4, -0.2) is 85.2 Å². The molecule has 0 spiro atoms. The summed E-state index contributed by atoms with van der Waals surface area (Å²) < 4.78 is 1.60. The van der Waals surface area contributed by atoms with Crippen LogP contribution in [0.1, 0.15) is 49.9 Å². The number of aromatic nitrogens is 5. The highest BCUT2D eigenvalue weighted by molar-refractivity contribution is 6.79. The van der Waals surface area contributed by atoms with Crippen LogP contribution in [0.15, 0.2) is 54.6 Å². The Kier molecular flexibility index (Phi) is 7.50. The van der Waals surface area contributed by atoms with E-state index in [1.54, 1.807) is 23.3 Å². The number of hydrogen-bond donors (Lipinski definition) is 0. The summed E-state index contributed by atoms with van der Waals surface area (Å²) in [5.41, 5.74) is 3.22. The number of likely N-dealkylation sites (tertiary alicyclic amines) is 1. The molecule has 205 valence electrons. The zero-order valence-electron chi connectivity index (χ0n) is 23.7. The second kappa shape index (κ2) is 10.9. The molecule has 11 heteroatoms. The summed E-state index contributed by atoms with van der Waals surface area (Å²) >= 11 is 0. The van der Waals surface area contributed by atoms with E-state index in [1.165, 1.54) is 13.1 Å². The van der Waals surface area contributed by atoms with Crippen LogP contribution in [0.4, 0.5) is 0 Å². The van der Waals surface area contributed by atoms with Crippen LogP contribution in [0, 0.1) is 5.41 Å². The number of piperidine rings is 1. The number of pyridine rings is 1. The number of aliphatic imine (C=N–C) groups is 1. The third kappa shape index (κ3) is 5.38. The fraction of sp³-hybridized carbons (Fsp3) is 0.414. The molecule has 0 bridgehead atoms. The summed E-state index contributed by atoms with van der Waals surface area (Å²) in [5, 5.41) is 5.22. The van der Waals surface area contributed by atoms with Gasteiger partial charge in [-0.25, -0.2) is 9.97 Å². The lowest BCUT2D eigenvalue weighted by Crippen LogP contribution is -2.45. The van der Waals surface area contributed by atoms with Gasteiger partial charge in [-0.15, -0.1) is 0 Å². The SMILES string of the molecule is C=CN=C([B][C@@H]1C[C@@]2(C)C[C@H]2N1C(=O)Cn1nc(C(C)=O)c2cc(-c3cnc(CN(C)C)nc3)ncc21)/C=C\C. The summed E-state index contributed by atoms with van der Waals surface area (Å²) in [5.74, 6) is 0.424. The lowest BCUT2D eigenvalue weighted by atomic mass is 9.62. The molecule has 3 atom stereocenters. The van der Waals surface area contributed by atoms with Crippen molar-refractivity contribution in [2.75, 3.05) is 14.1 Å². The summed E-state index contributed by atoms with van der Waals surface area (Å²) in [4.78, 5) is 48.1. The molecule has 0 aromatic carbocycles. The third-order valence-corrected chi connectivity index (χ3v) is 7.62. The van der Waals surface area contributed by atoms with Gasteiger partial charge in [0.2, 0.25) is 13.2 Å². The minimum Gasteiger partial charge on any atom is -0.342 e. The smallest absolute Gasteiger partial charge is 0.244 e. The van der Waals surface area contributed by atoms with Gasteiger partial charge in [-0.3, -0.25) is 24.2 Å². The Balaban J connectivity index is 1.42. The number of ketones is 1. The number of fused-ring (bicyclic) bond motifs is 2. The van der Waals surface area contributed by atoms with E-state index in [1.807, 2.05) is 56.3 Å². The van der Waals surface area contributed by atoms with Gasteiger partial charge in [0.1, 0.15) is 18.1 Å². The van der Waals surface area contributed by atoms with Gasteiger partial charge >= 0.3 is 0 Å². The van der Waals surface area contributed by atoms with Crippen molar-refractivity contribution in [2.24, 2.45) is 10.4 Å². The van der Waals surface area contributed by atoms with Crippen molar-refractivity contribution in [3.05, 3.63) is 61.1 Å². The topological polar surface area (TPSA) is 109 Å². The predicted octanol–water partition coefficient (Wildman–Crippen LogP) is 3.31. The highest BCUT2D eigenvalue weighted by Crippen LogP contribution is 2.59. The molecule has 0 N–H and O–H groups in total. The quantitative estimate of drug-likeness (QED) is 0.222. The molecule has 1 saturated heterocycles. The first-order valence-electron chi connectivity index (χ1n) is 13.4. The maximum atomic E-state index is 13.8. The average molecular weight is 537 g/mol. The number of carbonyl (C=O) groups excluding carboxylic acids is 2. The van der Waals surface area contributed by atoms with E-state index in [2.05, 4.69) is 38.5 Å². The number of carbonyl (C=O) groups is 2. The van der Waals surface area contributed by atoms with Crippen LogP contribution < -0.4 is 0 Å². The van der Waals surface area contributed by atoms with Crippen LogP contribution in [-0.2, 0) is 17.9 Å². The first kappa shape index (κ1) is 27.6. The van der Waals surface area contributed by atoms with Crippen molar-refractivity contribution in [3.63, 3.8) is 0 Å². The number of nitrogens with zero attached hydrogens (tertiary/aromatic N) is 8. The van der Waals surface area contributed by atoms with Crippen molar-refractivity contribution in [3.8, 4) is 11.3 Å². The molecule has 1 radical (unpaired) electrons. The van der Waals surface area contributed by atoms with Crippen molar-refractivity contribution in [2.45, 2.75) is 58.7 Å². The largest absolute Gasteiger partial charge is 0.342 e. The second-order valence-electron chi connectivity index (χ2n) is 11.1. The Labute approximate surface area is 235 Å². The molecule has 4 heterocycles. The lowest BCUT2D eigenvalue weighted by Gasteiger charge is -2.27. The molecular weight excluding hydrogens is 503 g/mol. The van der Waals surface area contributed by atoms with Crippen LogP contribution in [0.5, 0.6) is 0 Å². The van der Waals surface area contributed by atoms with Crippen molar-refractivity contribution in [1.29, 1.82) is 0 Å². The van der Waals surface area contributed by atoms with Crippen molar-refractivity contribution < 1.29 is 9.59 Å². The van der Waals surface area contributed by atoms with Crippen LogP contribution in [0.2, 0.25) is 0 Å². The fourth-order valence-electron chi connectivity index (χ4n) is 5.63. The van der Waals surface area contributed by atoms with E-state index in [0.29, 0.717) is 34.7 Å². The Morgan fingerprint density at radius 1 is 1.23 bits per heavy atom. The van der Waals surface area contributed by atoms with E-state index >= 15 is 0 Å². The molecule has 1 aliphatic heterocycles. The minimum absolute atomic E-state index is 0.0155. The minimum atomic E-state index is -0.176. The number of amides is 1. The number of allylic oxidation sites excluding steroid dienone is 2. The normalized spacial score (nSPS) is 22.2. The van der Waals surface area contributed by atoms with E-state index in [9.17, 15) is 9.59 Å². The van der Waals surface area contributed by atoms with Gasteiger partial charge in [0, 0.05) is 48.5 Å². The second-order valence-corrected chi connectivity index (χ2v) is 11.1. The van der Waals surface area contributed by atoms with Gasteiger partial charge in [0.15, 0.2) is 5.78 Å². The highest BCUT2D eigenvalue weighted by Gasteiger charge is 2.62. The van der Waals surface area contributed by atoms with Crippen LogP contribution >= 0.6 is 0 Å². The van der Waals surface area contributed by atoms with Crippen LogP contribution in [0.3, 0.4) is 0 Å². The highest BCUT2D eigenvalue weighted by atomic mass is 16.2. The molecule has 2 fully saturated rings. The zero-order chi connectivity index (χ0) is 28.6. The lowest BCUT2D eigenvalue weighted by molar-refractivity contribution is -0.132.